The lowest BCUT2D eigenvalue weighted by atomic mass is 9.86. The lowest BCUT2D eigenvalue weighted by molar-refractivity contribution is 0.590. The van der Waals surface area contributed by atoms with E-state index in [1.807, 2.05) is 0 Å². The van der Waals surface area contributed by atoms with Crippen LogP contribution in [0.2, 0.25) is 13.1 Å². The molecule has 0 saturated carbocycles. The number of rotatable bonds is 4. The van der Waals surface area contributed by atoms with Gasteiger partial charge >= 0.3 is 0 Å². The van der Waals surface area contributed by atoms with Gasteiger partial charge in [0.2, 0.25) is 0 Å². The largest absolute Gasteiger partial charge is 0.145 e. The Morgan fingerprint density at radius 1 is 0.784 bits per heavy atom. The van der Waals surface area contributed by atoms with Crippen molar-refractivity contribution >= 4 is 36.8 Å². The Morgan fingerprint density at radius 3 is 1.92 bits per heavy atom. The first-order valence-electron chi connectivity index (χ1n) is 13.7. The van der Waals surface area contributed by atoms with E-state index in [4.69, 9.17) is 0 Å². The highest BCUT2D eigenvalue weighted by molar-refractivity contribution is 7.16. The molecule has 1 atom stereocenters. The van der Waals surface area contributed by atoms with Crippen LogP contribution in [0.5, 0.6) is 0 Å². The normalized spacial score (nSPS) is 17.1. The van der Waals surface area contributed by atoms with Crippen LogP contribution in [-0.4, -0.2) is 8.07 Å². The maximum atomic E-state index is 2.68. The van der Waals surface area contributed by atoms with Crippen molar-refractivity contribution in [2.45, 2.75) is 77.6 Å². The quantitative estimate of drug-likeness (QED) is 0.227. The molecule has 0 fully saturated rings. The molecule has 0 N–H and O–H groups in total. The highest BCUT2D eigenvalue weighted by Gasteiger charge is 2.50. The van der Waals surface area contributed by atoms with Gasteiger partial charge < -0.3 is 0 Å². The van der Waals surface area contributed by atoms with Crippen molar-refractivity contribution < 1.29 is 0 Å². The predicted octanol–water partition coefficient (Wildman–Crippen LogP) is 10.9. The number of benzene rings is 2. The van der Waals surface area contributed by atoms with Gasteiger partial charge in [0.1, 0.15) is 0 Å². The van der Waals surface area contributed by atoms with Crippen molar-refractivity contribution in [3.63, 3.8) is 0 Å². The molecule has 4 aromatic rings. The highest BCUT2D eigenvalue weighted by Crippen LogP contribution is 2.60. The molecule has 37 heavy (non-hydrogen) atoms. The first-order chi connectivity index (χ1) is 17.5. The van der Waals surface area contributed by atoms with E-state index in [0.29, 0.717) is 11.1 Å². The minimum absolute atomic E-state index is 0.173. The molecular formula is C34H38S2Si. The van der Waals surface area contributed by atoms with Gasteiger partial charge in [-0.2, -0.15) is 0 Å². The molecule has 6 rings (SSSR count). The Balaban J connectivity index is 1.47. The van der Waals surface area contributed by atoms with Gasteiger partial charge in [0.25, 0.3) is 0 Å². The maximum Gasteiger partial charge on any atom is 0.0747 e. The molecule has 2 aromatic carbocycles. The molecule has 190 valence electrons. The molecule has 2 aliphatic rings. The lowest BCUT2D eigenvalue weighted by Gasteiger charge is -2.38. The van der Waals surface area contributed by atoms with Gasteiger partial charge in [-0.05, 0) is 76.8 Å². The van der Waals surface area contributed by atoms with E-state index in [-0.39, 0.29) is 5.41 Å². The molecule has 0 aliphatic heterocycles. The third-order valence-electron chi connectivity index (χ3n) is 8.69. The molecule has 3 heteroatoms. The fourth-order valence-electron chi connectivity index (χ4n) is 6.93. The van der Waals surface area contributed by atoms with E-state index in [2.05, 4.69) is 138 Å². The van der Waals surface area contributed by atoms with Gasteiger partial charge in [0, 0.05) is 30.6 Å². The third kappa shape index (κ3) is 3.88. The Hall–Kier alpha value is -2.20. The molecular weight excluding hydrogens is 501 g/mol. The van der Waals surface area contributed by atoms with Crippen LogP contribution in [0.3, 0.4) is 0 Å². The number of fused-ring (bicyclic) bond motifs is 4. The van der Waals surface area contributed by atoms with Crippen LogP contribution in [0.15, 0.2) is 60.2 Å². The van der Waals surface area contributed by atoms with E-state index >= 15 is 0 Å². The summed E-state index contributed by atoms with van der Waals surface area (Å²) in [6.07, 6.45) is 3.69. The van der Waals surface area contributed by atoms with Crippen molar-refractivity contribution in [1.29, 1.82) is 0 Å². The average Bonchev–Trinajstić information content (AvgIpc) is 3.57. The number of hydrogen-bond acceptors (Lipinski definition) is 2. The Kier molecular flexibility index (Phi) is 5.87. The van der Waals surface area contributed by atoms with Crippen LogP contribution in [0.25, 0.3) is 28.3 Å². The Bertz CT molecular complexity index is 1490. The first-order valence-corrected chi connectivity index (χ1v) is 18.4. The van der Waals surface area contributed by atoms with Gasteiger partial charge in [-0.1, -0.05) is 94.9 Å². The molecule has 2 heterocycles. The van der Waals surface area contributed by atoms with Gasteiger partial charge in [-0.25, -0.2) is 0 Å². The zero-order valence-corrected chi connectivity index (χ0v) is 26.1. The van der Waals surface area contributed by atoms with Crippen LogP contribution >= 0.6 is 22.7 Å². The second kappa shape index (κ2) is 8.66. The van der Waals surface area contributed by atoms with E-state index in [9.17, 15) is 0 Å². The van der Waals surface area contributed by atoms with Gasteiger partial charge in [0.05, 0.1) is 8.07 Å². The van der Waals surface area contributed by atoms with Gasteiger partial charge in [0.15, 0.2) is 0 Å². The Morgan fingerprint density at radius 2 is 1.38 bits per heavy atom. The standard InChI is InChI=1S/C34H38S2Si/c1-9-22-19-27-25(23-13-15-24(16-14-23)34(4,5)6)11-10-12-26(27)32(22)37(7,8)33-30-28(17-20(2)35-30)29-18-21(3)36-31(29)33/h10-19,32-33H,9H2,1-8H3. The molecule has 0 bridgehead atoms. The monoisotopic (exact) mass is 538 g/mol. The summed E-state index contributed by atoms with van der Waals surface area (Å²) < 4.78 is 0. The SMILES string of the molecule is CCC1=Cc2c(-c3ccc(C(C)(C)C)cc3)cccc2C1[Si](C)(C)C1c2sc(C)cc2-c2cc(C)sc21. The van der Waals surface area contributed by atoms with Crippen LogP contribution in [0.1, 0.15) is 81.4 Å². The summed E-state index contributed by atoms with van der Waals surface area (Å²) in [7, 11) is -1.85. The molecule has 0 radical (unpaired) electrons. The summed E-state index contributed by atoms with van der Waals surface area (Å²) in [6.45, 7) is 19.2. The average molecular weight is 539 g/mol. The zero-order chi connectivity index (χ0) is 26.3. The van der Waals surface area contributed by atoms with E-state index in [1.54, 1.807) is 20.9 Å². The molecule has 0 amide bonds. The summed E-state index contributed by atoms with van der Waals surface area (Å²) in [6, 6.07) is 21.3. The van der Waals surface area contributed by atoms with Crippen molar-refractivity contribution in [2.75, 3.05) is 0 Å². The summed E-state index contributed by atoms with van der Waals surface area (Å²) in [5.41, 5.74) is 13.2. The van der Waals surface area contributed by atoms with Gasteiger partial charge in [-0.3, -0.25) is 0 Å². The van der Waals surface area contributed by atoms with Crippen LogP contribution in [0, 0.1) is 13.8 Å². The molecule has 2 aromatic heterocycles. The van der Waals surface area contributed by atoms with Crippen molar-refractivity contribution in [2.24, 2.45) is 0 Å². The smallest absolute Gasteiger partial charge is 0.0747 e. The van der Waals surface area contributed by atoms with Crippen molar-refractivity contribution in [1.82, 2.24) is 0 Å². The second-order valence-electron chi connectivity index (χ2n) is 12.7. The van der Waals surface area contributed by atoms with E-state index < -0.39 is 8.07 Å². The third-order valence-corrected chi connectivity index (χ3v) is 15.6. The van der Waals surface area contributed by atoms with Crippen molar-refractivity contribution in [3.8, 4) is 22.3 Å². The summed E-state index contributed by atoms with van der Waals surface area (Å²) >= 11 is 4.11. The van der Waals surface area contributed by atoms with Crippen LogP contribution in [0.4, 0.5) is 0 Å². The minimum Gasteiger partial charge on any atom is -0.145 e. The molecule has 0 saturated heterocycles. The predicted molar refractivity (Wildman–Crippen MR) is 168 cm³/mol. The van der Waals surface area contributed by atoms with Crippen LogP contribution < -0.4 is 0 Å². The summed E-state index contributed by atoms with van der Waals surface area (Å²) in [4.78, 5) is 6.20. The number of aryl methyl sites for hydroxylation is 2. The summed E-state index contributed by atoms with van der Waals surface area (Å²) in [5, 5.41) is 0. The number of hydrogen-bond donors (Lipinski definition) is 0. The first kappa shape index (κ1) is 25.1. The fourth-order valence-corrected chi connectivity index (χ4v) is 15.5. The van der Waals surface area contributed by atoms with E-state index in [0.717, 1.165) is 6.42 Å². The minimum atomic E-state index is -1.85. The number of allylic oxidation sites excluding steroid dienone is 1. The number of thiophene rings is 2. The van der Waals surface area contributed by atoms with Crippen molar-refractivity contribution in [3.05, 3.63) is 96.4 Å². The molecule has 2 aliphatic carbocycles. The lowest BCUT2D eigenvalue weighted by Crippen LogP contribution is -2.42. The molecule has 1 unspecified atom stereocenters. The fraction of sp³-hybridized carbons (Fsp3) is 0.353. The molecule has 0 nitrogen and oxygen atoms in total. The highest BCUT2D eigenvalue weighted by atomic mass is 32.1. The van der Waals surface area contributed by atoms with Crippen LogP contribution in [-0.2, 0) is 5.41 Å². The molecule has 0 spiro atoms. The topological polar surface area (TPSA) is 0 Å². The Labute approximate surface area is 232 Å². The maximum absolute atomic E-state index is 2.68. The zero-order valence-electron chi connectivity index (χ0n) is 23.5. The van der Waals surface area contributed by atoms with E-state index in [1.165, 1.54) is 43.1 Å². The summed E-state index contributed by atoms with van der Waals surface area (Å²) in [5.74, 6) is 0. The second-order valence-corrected chi connectivity index (χ2v) is 20.0. The van der Waals surface area contributed by atoms with Gasteiger partial charge in [-0.15, -0.1) is 22.7 Å².